The van der Waals surface area contributed by atoms with Crippen LogP contribution in [0.15, 0.2) is 36.4 Å². The minimum Gasteiger partial charge on any atom is -0.493 e. The van der Waals surface area contributed by atoms with Gasteiger partial charge in [0.05, 0.1) is 18.6 Å². The zero-order valence-corrected chi connectivity index (χ0v) is 11.5. The maximum atomic E-state index is 11.7. The Labute approximate surface area is 121 Å². The molecule has 0 aliphatic carbocycles. The number of para-hydroxylation sites is 1. The van der Waals surface area contributed by atoms with Crippen molar-refractivity contribution in [3.05, 3.63) is 36.4 Å². The van der Waals surface area contributed by atoms with Crippen molar-refractivity contribution < 1.29 is 18.9 Å². The third-order valence-corrected chi connectivity index (χ3v) is 3.14. The molecule has 21 heavy (non-hydrogen) atoms. The summed E-state index contributed by atoms with van der Waals surface area (Å²) in [5.74, 6) is -0.907. The highest BCUT2D eigenvalue weighted by Crippen LogP contribution is 2.09. The van der Waals surface area contributed by atoms with Gasteiger partial charge in [0.1, 0.15) is 5.59 Å². The molecule has 0 radical (unpaired) electrons. The normalized spacial score (nSPS) is 17.1. The fourth-order valence-corrected chi connectivity index (χ4v) is 2.17. The SMILES string of the molecule is CN1CC(=O)OB(c2ccc3ccccc3n2)OC(=O)C1. The second-order valence-corrected chi connectivity index (χ2v) is 4.91. The van der Waals surface area contributed by atoms with E-state index in [1.54, 1.807) is 13.1 Å². The lowest BCUT2D eigenvalue weighted by Crippen LogP contribution is -2.48. The zero-order valence-electron chi connectivity index (χ0n) is 11.5. The van der Waals surface area contributed by atoms with Gasteiger partial charge in [-0.25, -0.2) is 0 Å². The van der Waals surface area contributed by atoms with Gasteiger partial charge in [-0.05, 0) is 19.2 Å². The Morgan fingerprint density at radius 1 is 1.05 bits per heavy atom. The largest absolute Gasteiger partial charge is 0.656 e. The number of pyridine rings is 1. The molecule has 7 heteroatoms. The Balaban J connectivity index is 1.91. The number of carbonyl (C=O) groups excluding carboxylic acids is 2. The van der Waals surface area contributed by atoms with Crippen molar-refractivity contribution in [3.8, 4) is 0 Å². The lowest BCUT2D eigenvalue weighted by Gasteiger charge is -2.22. The summed E-state index contributed by atoms with van der Waals surface area (Å²) in [6, 6.07) is 11.1. The molecule has 0 N–H and O–H groups in total. The summed E-state index contributed by atoms with van der Waals surface area (Å²) >= 11 is 0. The summed E-state index contributed by atoms with van der Waals surface area (Å²) in [5.41, 5.74) is 1.15. The smallest absolute Gasteiger partial charge is 0.493 e. The highest BCUT2D eigenvalue weighted by molar-refractivity contribution is 6.63. The number of nitrogens with zero attached hydrogens (tertiary/aromatic N) is 2. The van der Waals surface area contributed by atoms with Crippen molar-refractivity contribution in [1.29, 1.82) is 0 Å². The van der Waals surface area contributed by atoms with E-state index in [-0.39, 0.29) is 13.1 Å². The fourth-order valence-electron chi connectivity index (χ4n) is 2.17. The predicted octanol–water partition coefficient (Wildman–Crippen LogP) is -0.0382. The van der Waals surface area contributed by atoms with E-state index < -0.39 is 19.1 Å². The van der Waals surface area contributed by atoms with Crippen LogP contribution < -0.4 is 5.59 Å². The van der Waals surface area contributed by atoms with Crippen molar-refractivity contribution in [1.82, 2.24) is 9.88 Å². The van der Waals surface area contributed by atoms with Gasteiger partial charge in [0.2, 0.25) is 0 Å². The van der Waals surface area contributed by atoms with E-state index >= 15 is 0 Å². The predicted molar refractivity (Wildman–Crippen MR) is 76.8 cm³/mol. The Hall–Kier alpha value is -2.41. The van der Waals surface area contributed by atoms with Crippen LogP contribution in [-0.4, -0.2) is 49.1 Å². The van der Waals surface area contributed by atoms with E-state index in [2.05, 4.69) is 4.98 Å². The second kappa shape index (κ2) is 5.53. The van der Waals surface area contributed by atoms with Crippen LogP contribution in [0.5, 0.6) is 0 Å². The number of likely N-dealkylation sites (N-methyl/N-ethyl adjacent to an activating group) is 1. The quantitative estimate of drug-likeness (QED) is 0.685. The Morgan fingerprint density at radius 3 is 2.43 bits per heavy atom. The van der Waals surface area contributed by atoms with Crippen LogP contribution in [0.3, 0.4) is 0 Å². The van der Waals surface area contributed by atoms with Crippen LogP contribution in [0.1, 0.15) is 0 Å². The molecule has 0 spiro atoms. The van der Waals surface area contributed by atoms with Gasteiger partial charge in [-0.1, -0.05) is 24.3 Å². The molecule has 1 aromatic carbocycles. The van der Waals surface area contributed by atoms with E-state index in [0.29, 0.717) is 5.59 Å². The van der Waals surface area contributed by atoms with E-state index in [1.165, 1.54) is 4.90 Å². The molecule has 1 saturated heterocycles. The van der Waals surface area contributed by atoms with Crippen LogP contribution in [0.4, 0.5) is 0 Å². The fraction of sp³-hybridized carbons (Fsp3) is 0.214. The van der Waals surface area contributed by atoms with Gasteiger partial charge in [0.25, 0.3) is 0 Å². The number of carbonyl (C=O) groups is 2. The zero-order chi connectivity index (χ0) is 14.8. The molecular formula is C14H13BN2O4. The molecule has 2 heterocycles. The molecule has 2 aromatic rings. The summed E-state index contributed by atoms with van der Waals surface area (Å²) in [6.07, 6.45) is 0. The van der Waals surface area contributed by atoms with Crippen LogP contribution in [0, 0.1) is 0 Å². The van der Waals surface area contributed by atoms with E-state index in [0.717, 1.165) is 10.9 Å². The number of hydrogen-bond acceptors (Lipinski definition) is 6. The first-order chi connectivity index (χ1) is 10.1. The maximum Gasteiger partial charge on any atom is 0.656 e. The van der Waals surface area contributed by atoms with E-state index in [1.807, 2.05) is 30.3 Å². The Kier molecular flexibility index (Phi) is 3.58. The molecule has 3 rings (SSSR count). The van der Waals surface area contributed by atoms with Crippen molar-refractivity contribution in [2.24, 2.45) is 0 Å². The molecule has 0 atom stereocenters. The minimum atomic E-state index is -1.09. The molecule has 0 unspecified atom stereocenters. The standard InChI is InChI=1S/C14H13BN2O4/c1-17-8-13(18)20-15(21-14(19)9-17)12-7-6-10-4-2-3-5-11(10)16-12/h2-7H,8-9H2,1H3. The molecule has 1 aliphatic rings. The molecule has 106 valence electrons. The number of aromatic nitrogens is 1. The van der Waals surface area contributed by atoms with Crippen molar-refractivity contribution >= 4 is 35.6 Å². The average molecular weight is 284 g/mol. The highest BCUT2D eigenvalue weighted by Gasteiger charge is 2.35. The van der Waals surface area contributed by atoms with Gasteiger partial charge in [-0.15, -0.1) is 0 Å². The van der Waals surface area contributed by atoms with Crippen molar-refractivity contribution in [3.63, 3.8) is 0 Å². The summed E-state index contributed by atoms with van der Waals surface area (Å²) < 4.78 is 10.4. The van der Waals surface area contributed by atoms with Gasteiger partial charge in [0, 0.05) is 5.39 Å². The van der Waals surface area contributed by atoms with Crippen LogP contribution >= 0.6 is 0 Å². The molecule has 1 aliphatic heterocycles. The third-order valence-electron chi connectivity index (χ3n) is 3.14. The molecule has 1 aromatic heterocycles. The van der Waals surface area contributed by atoms with Crippen LogP contribution in [-0.2, 0) is 18.9 Å². The summed E-state index contributed by atoms with van der Waals surface area (Å²) in [4.78, 5) is 29.4. The van der Waals surface area contributed by atoms with Crippen molar-refractivity contribution in [2.45, 2.75) is 0 Å². The number of benzene rings is 1. The first kappa shape index (κ1) is 13.6. The van der Waals surface area contributed by atoms with Gasteiger partial charge in [-0.3, -0.25) is 19.5 Å². The Morgan fingerprint density at radius 2 is 1.71 bits per heavy atom. The van der Waals surface area contributed by atoms with Crippen molar-refractivity contribution in [2.75, 3.05) is 20.1 Å². The monoisotopic (exact) mass is 284 g/mol. The summed E-state index contributed by atoms with van der Waals surface area (Å²) in [6.45, 7) is 0.0817. The lowest BCUT2D eigenvalue weighted by molar-refractivity contribution is -0.145. The first-order valence-electron chi connectivity index (χ1n) is 6.55. The minimum absolute atomic E-state index is 0.0409. The number of fused-ring (bicyclic) bond motifs is 1. The number of rotatable bonds is 1. The van der Waals surface area contributed by atoms with E-state index in [4.69, 9.17) is 9.31 Å². The maximum absolute atomic E-state index is 11.7. The molecule has 0 saturated carbocycles. The highest BCUT2D eigenvalue weighted by atomic mass is 16.6. The molecule has 0 amide bonds. The van der Waals surface area contributed by atoms with Gasteiger partial charge in [0.15, 0.2) is 0 Å². The topological polar surface area (TPSA) is 68.7 Å². The summed E-state index contributed by atoms with van der Waals surface area (Å²) in [5, 5.41) is 0.962. The van der Waals surface area contributed by atoms with Crippen LogP contribution in [0.25, 0.3) is 10.9 Å². The second-order valence-electron chi connectivity index (χ2n) is 4.91. The molecule has 6 nitrogen and oxygen atoms in total. The molecule has 1 fully saturated rings. The lowest BCUT2D eigenvalue weighted by atomic mass is 9.83. The van der Waals surface area contributed by atoms with Gasteiger partial charge >= 0.3 is 19.1 Å². The number of hydrogen-bond donors (Lipinski definition) is 0. The summed E-state index contributed by atoms with van der Waals surface area (Å²) in [7, 11) is 0.556. The van der Waals surface area contributed by atoms with Crippen LogP contribution in [0.2, 0.25) is 0 Å². The molecule has 0 bridgehead atoms. The molecular weight excluding hydrogens is 271 g/mol. The van der Waals surface area contributed by atoms with Gasteiger partial charge in [-0.2, -0.15) is 0 Å². The van der Waals surface area contributed by atoms with E-state index in [9.17, 15) is 9.59 Å². The Bertz CT molecular complexity index is 686. The average Bonchev–Trinajstić information content (AvgIpc) is 2.44. The van der Waals surface area contributed by atoms with Gasteiger partial charge < -0.3 is 9.31 Å². The third kappa shape index (κ3) is 3.03. The first-order valence-corrected chi connectivity index (χ1v) is 6.55.